The molecule has 4 nitrogen and oxygen atoms in total. The van der Waals surface area contributed by atoms with Gasteiger partial charge in [0.15, 0.2) is 0 Å². The summed E-state index contributed by atoms with van der Waals surface area (Å²) in [7, 11) is 0. The van der Waals surface area contributed by atoms with Gasteiger partial charge in [-0.1, -0.05) is 0 Å². The van der Waals surface area contributed by atoms with Gasteiger partial charge in [-0.05, 0) is 31.7 Å². The fourth-order valence-electron chi connectivity index (χ4n) is 1.87. The van der Waals surface area contributed by atoms with E-state index in [2.05, 4.69) is 11.4 Å². The average Bonchev–Trinajstić information content (AvgIpc) is 2.77. The molecule has 0 aromatic carbocycles. The summed E-state index contributed by atoms with van der Waals surface area (Å²) in [4.78, 5) is 12.5. The van der Waals surface area contributed by atoms with Crippen molar-refractivity contribution in [3.8, 4) is 6.07 Å². The number of fused-ring (bicyclic) bond motifs is 1. The number of hydrogen-bond acceptors (Lipinski definition) is 4. The highest BCUT2D eigenvalue weighted by atomic mass is 32.1. The van der Waals surface area contributed by atoms with Crippen LogP contribution >= 0.6 is 11.3 Å². The van der Waals surface area contributed by atoms with E-state index in [0.29, 0.717) is 17.2 Å². The van der Waals surface area contributed by atoms with E-state index in [4.69, 9.17) is 10.00 Å². The van der Waals surface area contributed by atoms with E-state index in [1.165, 1.54) is 16.2 Å². The van der Waals surface area contributed by atoms with Gasteiger partial charge in [-0.25, -0.2) is 4.79 Å². The first-order valence-corrected chi connectivity index (χ1v) is 6.06. The van der Waals surface area contributed by atoms with E-state index >= 15 is 0 Å². The predicted octanol–water partition coefficient (Wildman–Crippen LogP) is 2.68. The number of anilines is 1. The molecule has 1 aromatic heterocycles. The molecule has 0 unspecified atom stereocenters. The van der Waals surface area contributed by atoms with Crippen LogP contribution in [0.5, 0.6) is 0 Å². The van der Waals surface area contributed by atoms with Gasteiger partial charge in [0.05, 0.1) is 12.2 Å². The van der Waals surface area contributed by atoms with Crippen molar-refractivity contribution in [2.75, 3.05) is 11.9 Å². The first-order valence-electron chi connectivity index (χ1n) is 5.24. The Kier molecular flexibility index (Phi) is 3.11. The van der Waals surface area contributed by atoms with Crippen LogP contribution in [0.25, 0.3) is 0 Å². The maximum Gasteiger partial charge on any atom is 0.412 e. The lowest BCUT2D eigenvalue weighted by Crippen LogP contribution is -2.13. The van der Waals surface area contributed by atoms with Crippen LogP contribution in [-0.4, -0.2) is 12.7 Å². The lowest BCUT2D eigenvalue weighted by molar-refractivity contribution is 0.168. The highest BCUT2D eigenvalue weighted by Crippen LogP contribution is 2.38. The van der Waals surface area contributed by atoms with E-state index in [9.17, 15) is 4.79 Å². The van der Waals surface area contributed by atoms with Crippen LogP contribution < -0.4 is 5.32 Å². The summed E-state index contributed by atoms with van der Waals surface area (Å²) < 4.78 is 4.79. The second-order valence-electron chi connectivity index (χ2n) is 3.52. The summed E-state index contributed by atoms with van der Waals surface area (Å²) in [6, 6.07) is 2.16. The lowest BCUT2D eigenvalue weighted by atomic mass is 10.1. The third-order valence-electron chi connectivity index (χ3n) is 2.52. The molecule has 0 saturated carbocycles. The van der Waals surface area contributed by atoms with Crippen molar-refractivity contribution >= 4 is 22.4 Å². The Morgan fingerprint density at radius 2 is 2.44 bits per heavy atom. The molecule has 0 aliphatic heterocycles. The Hall–Kier alpha value is -1.54. The number of carbonyl (C=O) groups is 1. The van der Waals surface area contributed by atoms with Gasteiger partial charge < -0.3 is 4.74 Å². The molecule has 0 fully saturated rings. The van der Waals surface area contributed by atoms with E-state index in [-0.39, 0.29) is 0 Å². The second-order valence-corrected chi connectivity index (χ2v) is 4.62. The standard InChI is InChI=1S/C11H12N2O2S/c1-2-15-11(14)13-10-8(6-12)7-4-3-5-9(7)16-10/h2-5H2,1H3,(H,13,14). The van der Waals surface area contributed by atoms with Crippen LogP contribution in [0, 0.1) is 11.3 Å². The number of nitriles is 1. The quantitative estimate of drug-likeness (QED) is 0.858. The molecular weight excluding hydrogens is 224 g/mol. The molecule has 1 N–H and O–H groups in total. The molecule has 84 valence electrons. The SMILES string of the molecule is CCOC(=O)Nc1sc2c(c1C#N)CCC2. The zero-order chi connectivity index (χ0) is 11.5. The van der Waals surface area contributed by atoms with Gasteiger partial charge in [-0.2, -0.15) is 5.26 Å². The molecule has 1 aliphatic rings. The first kappa shape index (κ1) is 11.0. The van der Waals surface area contributed by atoms with Crippen LogP contribution in [0.4, 0.5) is 9.80 Å². The van der Waals surface area contributed by atoms with Crippen molar-refractivity contribution in [2.45, 2.75) is 26.2 Å². The van der Waals surface area contributed by atoms with Gasteiger partial charge in [-0.3, -0.25) is 5.32 Å². The molecule has 0 spiro atoms. The number of hydrogen-bond donors (Lipinski definition) is 1. The Balaban J connectivity index is 2.22. The molecule has 1 aromatic rings. The Labute approximate surface area is 97.8 Å². The molecule has 1 amide bonds. The molecule has 0 saturated heterocycles. The van der Waals surface area contributed by atoms with Crippen LogP contribution in [0.3, 0.4) is 0 Å². The molecular formula is C11H12N2O2S. The smallest absolute Gasteiger partial charge is 0.412 e. The number of ether oxygens (including phenoxy) is 1. The van der Waals surface area contributed by atoms with Crippen molar-refractivity contribution in [1.82, 2.24) is 0 Å². The third kappa shape index (κ3) is 1.89. The first-order chi connectivity index (χ1) is 7.76. The Morgan fingerprint density at radius 1 is 1.62 bits per heavy atom. The van der Waals surface area contributed by atoms with Gasteiger partial charge in [-0.15, -0.1) is 11.3 Å². The molecule has 16 heavy (non-hydrogen) atoms. The fraction of sp³-hybridized carbons (Fsp3) is 0.455. The highest BCUT2D eigenvalue weighted by molar-refractivity contribution is 7.16. The summed E-state index contributed by atoms with van der Waals surface area (Å²) in [5.74, 6) is 0. The van der Waals surface area contributed by atoms with Gasteiger partial charge in [0, 0.05) is 4.88 Å². The monoisotopic (exact) mass is 236 g/mol. The predicted molar refractivity (Wildman–Crippen MR) is 61.7 cm³/mol. The summed E-state index contributed by atoms with van der Waals surface area (Å²) in [6.07, 6.45) is 2.58. The minimum absolute atomic E-state index is 0.332. The number of amides is 1. The van der Waals surface area contributed by atoms with E-state index in [1.54, 1.807) is 6.92 Å². The van der Waals surface area contributed by atoms with E-state index in [1.807, 2.05) is 0 Å². The Bertz CT molecular complexity index is 459. The topological polar surface area (TPSA) is 62.1 Å². The fourth-order valence-corrected chi connectivity index (χ4v) is 3.10. The molecule has 0 radical (unpaired) electrons. The van der Waals surface area contributed by atoms with Gasteiger partial charge in [0.1, 0.15) is 11.1 Å². The molecule has 2 rings (SSSR count). The van der Waals surface area contributed by atoms with Crippen LogP contribution in [0.1, 0.15) is 29.3 Å². The maximum absolute atomic E-state index is 11.3. The van der Waals surface area contributed by atoms with Crippen molar-refractivity contribution < 1.29 is 9.53 Å². The van der Waals surface area contributed by atoms with Gasteiger partial charge in [0.2, 0.25) is 0 Å². The molecule has 0 bridgehead atoms. The maximum atomic E-state index is 11.3. The number of thiophene rings is 1. The van der Waals surface area contributed by atoms with E-state index in [0.717, 1.165) is 24.8 Å². The van der Waals surface area contributed by atoms with Crippen LogP contribution in [0.15, 0.2) is 0 Å². The minimum Gasteiger partial charge on any atom is -0.450 e. The molecule has 5 heteroatoms. The van der Waals surface area contributed by atoms with Crippen LogP contribution in [-0.2, 0) is 17.6 Å². The summed E-state index contributed by atoms with van der Waals surface area (Å²) in [6.45, 7) is 2.08. The van der Waals surface area contributed by atoms with Gasteiger partial charge >= 0.3 is 6.09 Å². The normalized spacial score (nSPS) is 13.0. The summed E-state index contributed by atoms with van der Waals surface area (Å²) in [5, 5.41) is 12.3. The zero-order valence-electron chi connectivity index (χ0n) is 9.00. The minimum atomic E-state index is -0.487. The van der Waals surface area contributed by atoms with E-state index < -0.39 is 6.09 Å². The van der Waals surface area contributed by atoms with Crippen molar-refractivity contribution in [1.29, 1.82) is 5.26 Å². The summed E-state index contributed by atoms with van der Waals surface area (Å²) in [5.41, 5.74) is 1.73. The second kappa shape index (κ2) is 4.54. The molecule has 0 atom stereocenters. The lowest BCUT2D eigenvalue weighted by Gasteiger charge is -2.03. The van der Waals surface area contributed by atoms with Crippen LogP contribution in [0.2, 0.25) is 0 Å². The van der Waals surface area contributed by atoms with Gasteiger partial charge in [0.25, 0.3) is 0 Å². The zero-order valence-corrected chi connectivity index (χ0v) is 9.82. The van der Waals surface area contributed by atoms with Crippen molar-refractivity contribution in [3.63, 3.8) is 0 Å². The average molecular weight is 236 g/mol. The Morgan fingerprint density at radius 3 is 3.12 bits per heavy atom. The number of aryl methyl sites for hydroxylation is 1. The molecule has 1 aliphatic carbocycles. The largest absolute Gasteiger partial charge is 0.450 e. The highest BCUT2D eigenvalue weighted by Gasteiger charge is 2.23. The number of nitrogens with zero attached hydrogens (tertiary/aromatic N) is 1. The number of carbonyl (C=O) groups excluding carboxylic acids is 1. The molecule has 1 heterocycles. The summed E-state index contributed by atoms with van der Waals surface area (Å²) >= 11 is 1.49. The van der Waals surface area contributed by atoms with Crippen molar-refractivity contribution in [2.24, 2.45) is 0 Å². The van der Waals surface area contributed by atoms with Crippen molar-refractivity contribution in [3.05, 3.63) is 16.0 Å². The number of rotatable bonds is 2. The number of nitrogens with one attached hydrogen (secondary N) is 1. The third-order valence-corrected chi connectivity index (χ3v) is 3.73.